The van der Waals surface area contributed by atoms with Gasteiger partial charge in [-0.15, -0.1) is 5.10 Å². The third kappa shape index (κ3) is 6.13. The van der Waals surface area contributed by atoms with Gasteiger partial charge in [-0.1, -0.05) is 69.2 Å². The summed E-state index contributed by atoms with van der Waals surface area (Å²) in [5, 5.41) is 13.9. The zero-order valence-corrected chi connectivity index (χ0v) is 18.9. The van der Waals surface area contributed by atoms with Gasteiger partial charge in [0, 0.05) is 12.8 Å². The number of carboxylic acids is 1. The summed E-state index contributed by atoms with van der Waals surface area (Å²) in [5.41, 5.74) is 3.24. The van der Waals surface area contributed by atoms with Crippen molar-refractivity contribution in [3.63, 3.8) is 0 Å². The van der Waals surface area contributed by atoms with Crippen molar-refractivity contribution in [2.24, 2.45) is 0 Å². The van der Waals surface area contributed by atoms with Gasteiger partial charge in [0.2, 0.25) is 11.6 Å². The van der Waals surface area contributed by atoms with Crippen LogP contribution in [-0.4, -0.2) is 31.6 Å². The molecule has 168 valence electrons. The molecule has 0 bridgehead atoms. The van der Waals surface area contributed by atoms with Crippen LogP contribution in [0.5, 0.6) is 0 Å². The molecule has 0 spiro atoms. The summed E-state index contributed by atoms with van der Waals surface area (Å²) in [6.45, 7) is 4.75. The second-order valence-electron chi connectivity index (χ2n) is 8.10. The van der Waals surface area contributed by atoms with E-state index in [1.807, 2.05) is 41.1 Å². The highest BCUT2D eigenvalue weighted by molar-refractivity contribution is 5.92. The van der Waals surface area contributed by atoms with Crippen molar-refractivity contribution in [3.05, 3.63) is 82.4 Å². The number of carboxylic acid groups (broad SMARTS) is 1. The molecule has 0 aliphatic carbocycles. The fraction of sp³-hybridized carbons (Fsp3) is 0.385. The summed E-state index contributed by atoms with van der Waals surface area (Å²) >= 11 is 0. The highest BCUT2D eigenvalue weighted by atomic mass is 16.4. The molecule has 3 aromatic rings. The Balaban J connectivity index is 1.75. The van der Waals surface area contributed by atoms with Crippen LogP contribution in [0.4, 0.5) is 0 Å². The Labute approximate surface area is 189 Å². The molecule has 0 atom stereocenters. The van der Waals surface area contributed by atoms with Crippen LogP contribution in [0.1, 0.15) is 89.4 Å². The van der Waals surface area contributed by atoms with Gasteiger partial charge in [0.1, 0.15) is 5.82 Å². The van der Waals surface area contributed by atoms with Gasteiger partial charge in [-0.05, 0) is 42.0 Å². The van der Waals surface area contributed by atoms with Gasteiger partial charge in [-0.2, -0.15) is 0 Å². The molecule has 6 nitrogen and oxygen atoms in total. The van der Waals surface area contributed by atoms with Gasteiger partial charge in [0.05, 0.1) is 12.1 Å². The highest BCUT2D eigenvalue weighted by Crippen LogP contribution is 2.17. The number of aromatic nitrogens is 3. The van der Waals surface area contributed by atoms with Crippen molar-refractivity contribution in [1.82, 2.24) is 14.8 Å². The first kappa shape index (κ1) is 23.4. The molecule has 0 aliphatic heterocycles. The van der Waals surface area contributed by atoms with E-state index in [9.17, 15) is 14.7 Å². The average molecular weight is 434 g/mol. The largest absolute Gasteiger partial charge is 0.478 e. The van der Waals surface area contributed by atoms with Crippen molar-refractivity contribution in [2.45, 2.75) is 65.3 Å². The van der Waals surface area contributed by atoms with Gasteiger partial charge in [-0.3, -0.25) is 4.79 Å². The van der Waals surface area contributed by atoms with Crippen LogP contribution in [0.25, 0.3) is 0 Å². The van der Waals surface area contributed by atoms with Crippen molar-refractivity contribution in [3.8, 4) is 0 Å². The smallest absolute Gasteiger partial charge is 0.335 e. The van der Waals surface area contributed by atoms with Crippen LogP contribution in [0, 0.1) is 0 Å². The summed E-state index contributed by atoms with van der Waals surface area (Å²) in [4.78, 5) is 28.4. The van der Waals surface area contributed by atoms with Crippen LogP contribution in [0.15, 0.2) is 48.5 Å². The second kappa shape index (κ2) is 11.4. The maximum absolute atomic E-state index is 12.4. The predicted octanol–water partition coefficient (Wildman–Crippen LogP) is 5.33. The molecule has 0 unspecified atom stereocenters. The van der Waals surface area contributed by atoms with Gasteiger partial charge < -0.3 is 5.11 Å². The van der Waals surface area contributed by atoms with E-state index in [4.69, 9.17) is 0 Å². The summed E-state index contributed by atoms with van der Waals surface area (Å²) < 4.78 is 1.85. The molecular weight excluding hydrogens is 402 g/mol. The van der Waals surface area contributed by atoms with Crippen molar-refractivity contribution < 1.29 is 14.7 Å². The first-order chi connectivity index (χ1) is 15.5. The Bertz CT molecular complexity index is 1050. The van der Waals surface area contributed by atoms with E-state index in [-0.39, 0.29) is 5.78 Å². The Morgan fingerprint density at radius 3 is 2.31 bits per heavy atom. The third-order valence-corrected chi connectivity index (χ3v) is 5.51. The molecule has 0 saturated carbocycles. The molecule has 1 heterocycles. The zero-order chi connectivity index (χ0) is 22.9. The Hall–Kier alpha value is -3.28. The number of rotatable bonds is 12. The monoisotopic (exact) mass is 433 g/mol. The fourth-order valence-electron chi connectivity index (χ4n) is 3.63. The summed E-state index contributed by atoms with van der Waals surface area (Å²) in [5.74, 6) is 0.278. The first-order valence-electron chi connectivity index (χ1n) is 11.4. The molecule has 0 amide bonds. The highest BCUT2D eigenvalue weighted by Gasteiger charge is 2.16. The minimum absolute atomic E-state index is 0.00999. The van der Waals surface area contributed by atoms with Crippen LogP contribution < -0.4 is 0 Å². The van der Waals surface area contributed by atoms with Gasteiger partial charge in [-0.25, -0.2) is 14.5 Å². The maximum atomic E-state index is 12.4. The molecule has 0 radical (unpaired) electrons. The lowest BCUT2D eigenvalue weighted by Crippen LogP contribution is -2.08. The molecule has 1 N–H and O–H groups in total. The van der Waals surface area contributed by atoms with Crippen LogP contribution in [0.3, 0.4) is 0 Å². The van der Waals surface area contributed by atoms with E-state index >= 15 is 0 Å². The van der Waals surface area contributed by atoms with Gasteiger partial charge in [0.15, 0.2) is 0 Å². The maximum Gasteiger partial charge on any atom is 0.335 e. The van der Waals surface area contributed by atoms with E-state index in [0.717, 1.165) is 54.6 Å². The standard InChI is InChI=1S/C26H31N3O3/c1-3-5-11-23(30)25-27-24(12-6-4-2)29(28-25)18-20-15-13-19(14-16-20)17-21-9-7-8-10-22(21)26(31)32/h7-10,13-16H,3-6,11-12,17-18H2,1-2H3,(H,31,32). The average Bonchev–Trinajstić information content (AvgIpc) is 3.20. The molecule has 0 aliphatic rings. The minimum atomic E-state index is -0.910. The number of benzene rings is 2. The van der Waals surface area contributed by atoms with E-state index in [2.05, 4.69) is 23.9 Å². The van der Waals surface area contributed by atoms with E-state index in [1.165, 1.54) is 0 Å². The predicted molar refractivity (Wildman–Crippen MR) is 124 cm³/mol. The lowest BCUT2D eigenvalue weighted by molar-refractivity contribution is 0.0695. The van der Waals surface area contributed by atoms with Gasteiger partial charge in [0.25, 0.3) is 0 Å². The number of Topliss-reactive ketones (excluding diaryl/α,β-unsaturated/α-hetero) is 1. The third-order valence-electron chi connectivity index (χ3n) is 5.51. The van der Waals surface area contributed by atoms with E-state index in [0.29, 0.717) is 30.8 Å². The summed E-state index contributed by atoms with van der Waals surface area (Å²) in [7, 11) is 0. The minimum Gasteiger partial charge on any atom is -0.478 e. The molecule has 32 heavy (non-hydrogen) atoms. The molecule has 1 aromatic heterocycles. The number of ketones is 1. The molecule has 2 aromatic carbocycles. The van der Waals surface area contributed by atoms with Gasteiger partial charge >= 0.3 is 5.97 Å². The molecule has 3 rings (SSSR count). The molecule has 6 heteroatoms. The lowest BCUT2D eigenvalue weighted by Gasteiger charge is -2.09. The number of carbonyl (C=O) groups excluding carboxylic acids is 1. The number of aromatic carboxylic acids is 1. The number of nitrogens with zero attached hydrogens (tertiary/aromatic N) is 3. The normalized spacial score (nSPS) is 10.9. The van der Waals surface area contributed by atoms with Crippen molar-refractivity contribution in [2.75, 3.05) is 0 Å². The number of hydrogen-bond donors (Lipinski definition) is 1. The number of carbonyl (C=O) groups is 2. The van der Waals surface area contributed by atoms with Crippen molar-refractivity contribution in [1.29, 1.82) is 0 Å². The first-order valence-corrected chi connectivity index (χ1v) is 11.4. The Kier molecular flexibility index (Phi) is 8.31. The SMILES string of the molecule is CCCCC(=O)c1nc(CCCC)n(Cc2ccc(Cc3ccccc3C(=O)O)cc2)n1. The Morgan fingerprint density at radius 1 is 0.938 bits per heavy atom. The summed E-state index contributed by atoms with van der Waals surface area (Å²) in [6, 6.07) is 15.2. The molecule has 0 fully saturated rings. The topological polar surface area (TPSA) is 85.1 Å². The fourth-order valence-corrected chi connectivity index (χ4v) is 3.63. The van der Waals surface area contributed by atoms with Crippen LogP contribution in [0.2, 0.25) is 0 Å². The van der Waals surface area contributed by atoms with E-state index < -0.39 is 5.97 Å². The number of aryl methyl sites for hydroxylation is 1. The summed E-state index contributed by atoms with van der Waals surface area (Å²) in [6.07, 6.45) is 5.73. The van der Waals surface area contributed by atoms with Crippen LogP contribution >= 0.6 is 0 Å². The molecular formula is C26H31N3O3. The van der Waals surface area contributed by atoms with E-state index in [1.54, 1.807) is 12.1 Å². The van der Waals surface area contributed by atoms with Crippen LogP contribution in [-0.2, 0) is 19.4 Å². The zero-order valence-electron chi connectivity index (χ0n) is 18.9. The molecule has 0 saturated heterocycles. The number of hydrogen-bond acceptors (Lipinski definition) is 4. The lowest BCUT2D eigenvalue weighted by atomic mass is 9.99. The Morgan fingerprint density at radius 2 is 1.62 bits per heavy atom. The quantitative estimate of drug-likeness (QED) is 0.390. The van der Waals surface area contributed by atoms with Crippen molar-refractivity contribution >= 4 is 11.8 Å². The second-order valence-corrected chi connectivity index (χ2v) is 8.10. The number of unbranched alkanes of at least 4 members (excludes halogenated alkanes) is 2.